The van der Waals surface area contributed by atoms with Gasteiger partial charge in [-0.2, -0.15) is 12.6 Å². The van der Waals surface area contributed by atoms with Crippen LogP contribution in [0.15, 0.2) is 0 Å². The number of hydrogen-bond acceptors (Lipinski definition) is 0. The molecule has 2 heteroatoms. The van der Waals surface area contributed by atoms with E-state index in [0.717, 1.165) is 0 Å². The standard InChI is InChI=1S/C4H12B.Li/c1-3-5-4-2;/h3-5H2,1-2H3;/q-1;+1. The fourth-order valence-corrected chi connectivity index (χ4v) is 0.500. The second-order valence-electron chi connectivity index (χ2n) is 1.91. The van der Waals surface area contributed by atoms with E-state index in [0.29, 0.717) is 7.28 Å². The summed E-state index contributed by atoms with van der Waals surface area (Å²) in [6.07, 6.45) is 2.94. The molecule has 0 aromatic heterocycles. The summed E-state index contributed by atoms with van der Waals surface area (Å²) < 4.78 is 0. The zero-order valence-corrected chi connectivity index (χ0v) is 5.41. The molecule has 0 atom stereocenters. The molecule has 0 aliphatic carbocycles. The maximum absolute atomic E-state index is 2.27. The van der Waals surface area contributed by atoms with Crippen LogP contribution in [-0.2, 0) is 0 Å². The molecule has 0 aliphatic heterocycles. The van der Waals surface area contributed by atoms with E-state index in [1.165, 1.54) is 12.6 Å². The second-order valence-corrected chi connectivity index (χ2v) is 1.91. The molecule has 0 aromatic carbocycles. The molecule has 0 heterocycles. The molecule has 0 nitrogen and oxygen atoms in total. The molecule has 0 N–H and O–H groups in total. The van der Waals surface area contributed by atoms with E-state index in [-0.39, 0.29) is 18.9 Å². The fourth-order valence-electron chi connectivity index (χ4n) is 0.500. The topological polar surface area (TPSA) is 0 Å². The van der Waals surface area contributed by atoms with Gasteiger partial charge in [0.1, 0.15) is 0 Å². The van der Waals surface area contributed by atoms with Crippen molar-refractivity contribution in [3.63, 3.8) is 0 Å². The van der Waals surface area contributed by atoms with Crippen molar-refractivity contribution >= 4 is 7.28 Å². The first-order valence-corrected chi connectivity index (χ1v) is 2.83. The van der Waals surface area contributed by atoms with Gasteiger partial charge in [0.05, 0.1) is 0 Å². The van der Waals surface area contributed by atoms with Gasteiger partial charge in [0.15, 0.2) is 0 Å². The van der Waals surface area contributed by atoms with Crippen molar-refractivity contribution in [1.82, 2.24) is 0 Å². The van der Waals surface area contributed by atoms with E-state index < -0.39 is 0 Å². The van der Waals surface area contributed by atoms with Gasteiger partial charge in [0.2, 0.25) is 0 Å². The number of rotatable bonds is 2. The Balaban J connectivity index is 0. The van der Waals surface area contributed by atoms with E-state index >= 15 is 0 Å². The van der Waals surface area contributed by atoms with Crippen LogP contribution in [0, 0.1) is 0 Å². The first kappa shape index (κ1) is 9.83. The Labute approximate surface area is 53.1 Å². The maximum Gasteiger partial charge on any atom is 1.00 e. The van der Waals surface area contributed by atoms with Crippen molar-refractivity contribution in [2.45, 2.75) is 26.5 Å². The minimum Gasteiger partial charge on any atom is -0.187 e. The van der Waals surface area contributed by atoms with E-state index in [2.05, 4.69) is 13.8 Å². The van der Waals surface area contributed by atoms with Crippen LogP contribution in [0.25, 0.3) is 0 Å². The minimum absolute atomic E-state index is 0. The van der Waals surface area contributed by atoms with Gasteiger partial charge in [-0.15, -0.1) is 0 Å². The molecule has 0 rings (SSSR count). The van der Waals surface area contributed by atoms with Crippen LogP contribution in [0.2, 0.25) is 12.6 Å². The van der Waals surface area contributed by atoms with Crippen LogP contribution in [-0.4, -0.2) is 7.28 Å². The largest absolute Gasteiger partial charge is 1.00 e. The summed E-state index contributed by atoms with van der Waals surface area (Å²) in [7, 11) is 0.528. The Morgan fingerprint density at radius 1 is 1.17 bits per heavy atom. The van der Waals surface area contributed by atoms with Crippen molar-refractivity contribution in [2.24, 2.45) is 0 Å². The summed E-state index contributed by atoms with van der Waals surface area (Å²) in [6.45, 7) is 4.53. The SMILES string of the molecule is CC[BH2-]CC.[Li+]. The molecule has 0 saturated carbocycles. The smallest absolute Gasteiger partial charge is 0.187 e. The molecule has 0 spiro atoms. The monoisotopic (exact) mass is 78.1 g/mol. The predicted molar refractivity (Wildman–Crippen MR) is 29.5 cm³/mol. The Hall–Kier alpha value is 0.662. The first-order chi connectivity index (χ1) is 2.41. The Morgan fingerprint density at radius 3 is 1.50 bits per heavy atom. The minimum atomic E-state index is 0. The van der Waals surface area contributed by atoms with E-state index in [1.807, 2.05) is 0 Å². The summed E-state index contributed by atoms with van der Waals surface area (Å²) in [5, 5.41) is 0. The van der Waals surface area contributed by atoms with E-state index in [1.54, 1.807) is 0 Å². The third-order valence-corrected chi connectivity index (χ3v) is 1.000. The van der Waals surface area contributed by atoms with Gasteiger partial charge in [0.25, 0.3) is 0 Å². The van der Waals surface area contributed by atoms with Crippen molar-refractivity contribution < 1.29 is 18.9 Å². The molecule has 0 unspecified atom stereocenters. The number of hydrogen-bond donors (Lipinski definition) is 0. The Kier molecular flexibility index (Phi) is 15.0. The van der Waals surface area contributed by atoms with Crippen LogP contribution in [0.4, 0.5) is 0 Å². The normalized spacial score (nSPS) is 7.00. The van der Waals surface area contributed by atoms with Gasteiger partial charge < -0.3 is 0 Å². The summed E-state index contributed by atoms with van der Waals surface area (Å²) >= 11 is 0. The molecule has 6 heavy (non-hydrogen) atoms. The second kappa shape index (κ2) is 9.18. The van der Waals surface area contributed by atoms with Gasteiger partial charge in [0, 0.05) is 0 Å². The summed E-state index contributed by atoms with van der Waals surface area (Å²) in [5.41, 5.74) is 0. The van der Waals surface area contributed by atoms with Crippen LogP contribution >= 0.6 is 0 Å². The average Bonchev–Trinajstić information content (AvgIpc) is 1.41. The maximum atomic E-state index is 2.27. The molecular formula is C4H12BLi. The van der Waals surface area contributed by atoms with Crippen LogP contribution in [0.5, 0.6) is 0 Å². The zero-order valence-electron chi connectivity index (χ0n) is 5.41. The molecule has 0 saturated heterocycles. The molecule has 0 aromatic rings. The van der Waals surface area contributed by atoms with Gasteiger partial charge in [-0.1, -0.05) is 13.8 Å². The third kappa shape index (κ3) is 8.82. The van der Waals surface area contributed by atoms with Gasteiger partial charge in [-0.3, -0.25) is 0 Å². The van der Waals surface area contributed by atoms with Crippen molar-refractivity contribution in [2.75, 3.05) is 0 Å². The van der Waals surface area contributed by atoms with Crippen LogP contribution in [0.1, 0.15) is 13.8 Å². The molecule has 0 amide bonds. The fraction of sp³-hybridized carbons (Fsp3) is 1.00. The summed E-state index contributed by atoms with van der Waals surface area (Å²) in [5.74, 6) is 0. The molecule has 0 fully saturated rings. The average molecular weight is 77.9 g/mol. The molecule has 0 aliphatic rings. The summed E-state index contributed by atoms with van der Waals surface area (Å²) in [6, 6.07) is 0. The Morgan fingerprint density at radius 2 is 1.50 bits per heavy atom. The molecular weight excluding hydrogens is 65.8 g/mol. The van der Waals surface area contributed by atoms with Crippen LogP contribution in [0.3, 0.4) is 0 Å². The molecule has 0 radical (unpaired) electrons. The third-order valence-electron chi connectivity index (χ3n) is 1.000. The Bertz CT molecular complexity index is 15.0. The van der Waals surface area contributed by atoms with Gasteiger partial charge in [-0.25, -0.2) is 0 Å². The quantitative estimate of drug-likeness (QED) is 0.336. The van der Waals surface area contributed by atoms with Crippen molar-refractivity contribution in [3.8, 4) is 0 Å². The van der Waals surface area contributed by atoms with Gasteiger partial charge >= 0.3 is 18.9 Å². The van der Waals surface area contributed by atoms with E-state index in [4.69, 9.17) is 0 Å². The summed E-state index contributed by atoms with van der Waals surface area (Å²) in [4.78, 5) is 0. The van der Waals surface area contributed by atoms with Crippen LogP contribution < -0.4 is 18.9 Å². The molecule has 0 bridgehead atoms. The molecule has 32 valence electrons. The van der Waals surface area contributed by atoms with E-state index in [9.17, 15) is 0 Å². The zero-order chi connectivity index (χ0) is 4.12. The van der Waals surface area contributed by atoms with Gasteiger partial charge in [-0.05, 0) is 7.28 Å². The van der Waals surface area contributed by atoms with Crippen molar-refractivity contribution in [1.29, 1.82) is 0 Å². The van der Waals surface area contributed by atoms with Crippen molar-refractivity contribution in [3.05, 3.63) is 0 Å². The first-order valence-electron chi connectivity index (χ1n) is 2.83. The predicted octanol–water partition coefficient (Wildman–Crippen LogP) is -1.96.